The number of ether oxygens (including phenoxy) is 2. The van der Waals surface area contributed by atoms with Gasteiger partial charge in [0.2, 0.25) is 5.88 Å². The third-order valence-corrected chi connectivity index (χ3v) is 6.49. The minimum atomic E-state index is -0.0616. The molecule has 0 saturated carbocycles. The molecule has 1 amide bonds. The Hall–Kier alpha value is -3.24. The van der Waals surface area contributed by atoms with Gasteiger partial charge in [-0.25, -0.2) is 4.98 Å². The van der Waals surface area contributed by atoms with Gasteiger partial charge in [0.25, 0.3) is 5.91 Å². The second-order valence-electron chi connectivity index (χ2n) is 8.00. The van der Waals surface area contributed by atoms with Crippen molar-refractivity contribution in [1.29, 1.82) is 0 Å². The summed E-state index contributed by atoms with van der Waals surface area (Å²) in [6.45, 7) is 3.89. The Bertz CT molecular complexity index is 1270. The molecule has 5 rings (SSSR count). The van der Waals surface area contributed by atoms with Gasteiger partial charge in [0, 0.05) is 55.5 Å². The van der Waals surface area contributed by atoms with E-state index >= 15 is 0 Å². The summed E-state index contributed by atoms with van der Waals surface area (Å²) in [5, 5.41) is 9.00. The lowest BCUT2D eigenvalue weighted by molar-refractivity contribution is 0.0242. The number of hydrogen-bond acceptors (Lipinski definition) is 7. The molecule has 1 aliphatic rings. The lowest BCUT2D eigenvalue weighted by Gasteiger charge is -2.23. The van der Waals surface area contributed by atoms with E-state index in [-0.39, 0.29) is 12.0 Å². The SMILES string of the molecule is CCNC(=O)c1csc(Cc2nc(OC3CCOCC3)c3c(ccn3-c3cnn(C)c3)n2)c1. The number of carbonyl (C=O) groups excluding carboxylic acids is 1. The van der Waals surface area contributed by atoms with Gasteiger partial charge in [-0.3, -0.25) is 9.48 Å². The molecule has 0 bridgehead atoms. The van der Waals surface area contributed by atoms with Crippen LogP contribution < -0.4 is 10.1 Å². The largest absolute Gasteiger partial charge is 0.473 e. The molecule has 4 aromatic rings. The molecule has 0 radical (unpaired) electrons. The van der Waals surface area contributed by atoms with Crippen LogP contribution in [0, 0.1) is 0 Å². The monoisotopic (exact) mass is 466 g/mol. The smallest absolute Gasteiger partial charge is 0.252 e. The maximum absolute atomic E-state index is 12.1. The van der Waals surface area contributed by atoms with Gasteiger partial charge in [-0.15, -0.1) is 11.3 Å². The fraction of sp³-hybridized carbons (Fsp3) is 0.391. The maximum Gasteiger partial charge on any atom is 0.252 e. The highest BCUT2D eigenvalue weighted by molar-refractivity contribution is 7.10. The maximum atomic E-state index is 12.1. The molecular formula is C23H26N6O3S. The predicted octanol–water partition coefficient (Wildman–Crippen LogP) is 3.11. The molecule has 1 N–H and O–H groups in total. The van der Waals surface area contributed by atoms with E-state index < -0.39 is 0 Å². The first-order chi connectivity index (χ1) is 16.1. The van der Waals surface area contributed by atoms with Gasteiger partial charge in [0.1, 0.15) is 17.4 Å². The summed E-state index contributed by atoms with van der Waals surface area (Å²) in [7, 11) is 1.89. The first-order valence-corrected chi connectivity index (χ1v) is 12.0. The van der Waals surface area contributed by atoms with Gasteiger partial charge in [-0.1, -0.05) is 0 Å². The van der Waals surface area contributed by atoms with E-state index in [9.17, 15) is 4.79 Å². The van der Waals surface area contributed by atoms with Crippen molar-refractivity contribution in [2.45, 2.75) is 32.3 Å². The number of amides is 1. The third-order valence-electron chi connectivity index (χ3n) is 5.55. The summed E-state index contributed by atoms with van der Waals surface area (Å²) >= 11 is 1.54. The highest BCUT2D eigenvalue weighted by Gasteiger charge is 2.21. The second kappa shape index (κ2) is 9.32. The topological polar surface area (TPSA) is 96.1 Å². The van der Waals surface area contributed by atoms with E-state index in [0.29, 0.717) is 43.4 Å². The Balaban J connectivity index is 1.50. The highest BCUT2D eigenvalue weighted by atomic mass is 32.1. The summed E-state index contributed by atoms with van der Waals surface area (Å²) in [5.74, 6) is 1.17. The number of nitrogens with zero attached hydrogens (tertiary/aromatic N) is 5. The predicted molar refractivity (Wildman–Crippen MR) is 125 cm³/mol. The number of carbonyl (C=O) groups is 1. The van der Waals surface area contributed by atoms with E-state index in [4.69, 9.17) is 19.4 Å². The molecule has 0 aromatic carbocycles. The minimum Gasteiger partial charge on any atom is -0.473 e. The van der Waals surface area contributed by atoms with Crippen LogP contribution in [0.1, 0.15) is 40.8 Å². The van der Waals surface area contributed by atoms with Gasteiger partial charge in [0.05, 0.1) is 36.2 Å². The average molecular weight is 467 g/mol. The van der Waals surface area contributed by atoms with Crippen LogP contribution in [0.5, 0.6) is 5.88 Å². The van der Waals surface area contributed by atoms with Crippen molar-refractivity contribution in [3.05, 3.63) is 52.4 Å². The van der Waals surface area contributed by atoms with E-state index in [1.165, 1.54) is 11.3 Å². The van der Waals surface area contributed by atoms with Crippen molar-refractivity contribution < 1.29 is 14.3 Å². The third kappa shape index (κ3) is 4.62. The van der Waals surface area contributed by atoms with Crippen molar-refractivity contribution in [2.24, 2.45) is 7.05 Å². The Morgan fingerprint density at radius 1 is 1.33 bits per heavy atom. The van der Waals surface area contributed by atoms with Crippen molar-refractivity contribution >= 4 is 28.3 Å². The lowest BCUT2D eigenvalue weighted by Crippen LogP contribution is -2.26. The van der Waals surface area contributed by atoms with E-state index in [0.717, 1.165) is 34.4 Å². The zero-order valence-electron chi connectivity index (χ0n) is 18.7. The van der Waals surface area contributed by atoms with Crippen molar-refractivity contribution in [1.82, 2.24) is 29.6 Å². The number of thiophene rings is 1. The lowest BCUT2D eigenvalue weighted by atomic mass is 10.1. The zero-order chi connectivity index (χ0) is 22.8. The van der Waals surface area contributed by atoms with Crippen molar-refractivity contribution in [2.75, 3.05) is 19.8 Å². The Morgan fingerprint density at radius 2 is 2.18 bits per heavy atom. The van der Waals surface area contributed by atoms with Crippen molar-refractivity contribution in [3.63, 3.8) is 0 Å². The van der Waals surface area contributed by atoms with Crippen LogP contribution in [0.2, 0.25) is 0 Å². The minimum absolute atomic E-state index is 0.0491. The number of nitrogens with one attached hydrogen (secondary N) is 1. The molecule has 10 heteroatoms. The van der Waals surface area contributed by atoms with E-state index in [1.54, 1.807) is 10.9 Å². The van der Waals surface area contributed by atoms with Gasteiger partial charge in [0.15, 0.2) is 0 Å². The van der Waals surface area contributed by atoms with Crippen LogP contribution in [-0.2, 0) is 18.2 Å². The van der Waals surface area contributed by atoms with Crippen LogP contribution in [0.3, 0.4) is 0 Å². The highest BCUT2D eigenvalue weighted by Crippen LogP contribution is 2.30. The fourth-order valence-corrected chi connectivity index (χ4v) is 4.79. The average Bonchev–Trinajstić information content (AvgIpc) is 3.54. The number of hydrogen-bond donors (Lipinski definition) is 1. The fourth-order valence-electron chi connectivity index (χ4n) is 3.93. The van der Waals surface area contributed by atoms with Crippen LogP contribution in [0.15, 0.2) is 36.1 Å². The number of aryl methyl sites for hydroxylation is 1. The van der Waals surface area contributed by atoms with Crippen molar-refractivity contribution in [3.8, 4) is 11.6 Å². The van der Waals surface area contributed by atoms with Crippen LogP contribution >= 0.6 is 11.3 Å². The molecular weight excluding hydrogens is 440 g/mol. The summed E-state index contributed by atoms with van der Waals surface area (Å²) < 4.78 is 15.7. The summed E-state index contributed by atoms with van der Waals surface area (Å²) in [4.78, 5) is 22.8. The summed E-state index contributed by atoms with van der Waals surface area (Å²) in [6, 6.07) is 3.88. The summed E-state index contributed by atoms with van der Waals surface area (Å²) in [5.41, 5.74) is 3.23. The molecule has 0 aliphatic carbocycles. The van der Waals surface area contributed by atoms with Gasteiger partial charge >= 0.3 is 0 Å². The van der Waals surface area contributed by atoms with Gasteiger partial charge in [-0.05, 0) is 19.1 Å². The second-order valence-corrected chi connectivity index (χ2v) is 9.00. The first kappa shape index (κ1) is 21.6. The quantitative estimate of drug-likeness (QED) is 0.450. The molecule has 0 atom stereocenters. The number of aromatic nitrogens is 5. The first-order valence-electron chi connectivity index (χ1n) is 11.1. The number of fused-ring (bicyclic) bond motifs is 1. The van der Waals surface area contributed by atoms with Gasteiger partial charge in [-0.2, -0.15) is 10.1 Å². The van der Waals surface area contributed by atoms with Crippen LogP contribution in [0.25, 0.3) is 16.7 Å². The molecule has 33 heavy (non-hydrogen) atoms. The molecule has 5 heterocycles. The Kier molecular flexibility index (Phi) is 6.10. The van der Waals surface area contributed by atoms with E-state index in [2.05, 4.69) is 10.4 Å². The van der Waals surface area contributed by atoms with Gasteiger partial charge < -0.3 is 19.4 Å². The molecule has 0 unspecified atom stereocenters. The van der Waals surface area contributed by atoms with Crippen LogP contribution in [-0.4, -0.2) is 56.1 Å². The molecule has 1 saturated heterocycles. The van der Waals surface area contributed by atoms with Crippen LogP contribution in [0.4, 0.5) is 0 Å². The molecule has 9 nitrogen and oxygen atoms in total. The Morgan fingerprint density at radius 3 is 2.94 bits per heavy atom. The summed E-state index contributed by atoms with van der Waals surface area (Å²) in [6.07, 6.45) is 7.95. The molecule has 1 fully saturated rings. The van der Waals surface area contributed by atoms with E-state index in [1.807, 2.05) is 48.4 Å². The standard InChI is InChI=1S/C23H26N6O3S/c1-3-24-22(30)15-10-18(33-14-15)11-20-26-19-4-7-29(16-12-25-28(2)13-16)21(19)23(27-20)32-17-5-8-31-9-6-17/h4,7,10,12-14,17H,3,5-6,8-9,11H2,1-2H3,(H,24,30). The Labute approximate surface area is 195 Å². The molecule has 1 aliphatic heterocycles. The molecule has 172 valence electrons. The molecule has 4 aromatic heterocycles. The normalized spacial score (nSPS) is 14.6. The number of rotatable bonds is 7. The zero-order valence-corrected chi connectivity index (χ0v) is 19.5. The molecule has 0 spiro atoms.